The predicted molar refractivity (Wildman–Crippen MR) is 108 cm³/mol. The SMILES string of the molecule is CC(C)Cn1nnc2c1-c1ccccc1N(OC(C)C)Cc1ccccc1-2. The molecule has 3 aromatic rings. The molecular weight excluding hydrogens is 336 g/mol. The molecule has 4 rings (SSSR count). The van der Waals surface area contributed by atoms with Gasteiger partial charge in [-0.05, 0) is 31.4 Å². The Morgan fingerprint density at radius 2 is 1.67 bits per heavy atom. The van der Waals surface area contributed by atoms with Gasteiger partial charge in [0.1, 0.15) is 5.69 Å². The van der Waals surface area contributed by atoms with Gasteiger partial charge in [-0.3, -0.25) is 4.84 Å². The zero-order chi connectivity index (χ0) is 19.0. The summed E-state index contributed by atoms with van der Waals surface area (Å²) in [4.78, 5) is 6.21. The van der Waals surface area contributed by atoms with E-state index in [4.69, 9.17) is 4.84 Å². The van der Waals surface area contributed by atoms with Gasteiger partial charge in [-0.2, -0.15) is 0 Å². The Kier molecular flexibility index (Phi) is 4.70. The lowest BCUT2D eigenvalue weighted by Gasteiger charge is -2.30. The number of hydroxylamine groups is 1. The summed E-state index contributed by atoms with van der Waals surface area (Å²) >= 11 is 0. The average Bonchev–Trinajstić information content (AvgIpc) is 3.02. The summed E-state index contributed by atoms with van der Waals surface area (Å²) < 4.78 is 2.04. The molecule has 5 heteroatoms. The summed E-state index contributed by atoms with van der Waals surface area (Å²) in [5.74, 6) is 0.478. The van der Waals surface area contributed by atoms with Gasteiger partial charge in [-0.1, -0.05) is 61.5 Å². The summed E-state index contributed by atoms with van der Waals surface area (Å²) in [5.41, 5.74) is 6.47. The lowest BCUT2D eigenvalue weighted by atomic mass is 9.96. The van der Waals surface area contributed by atoms with Crippen LogP contribution in [0, 0.1) is 5.92 Å². The van der Waals surface area contributed by atoms with E-state index in [0.29, 0.717) is 12.5 Å². The molecule has 0 amide bonds. The van der Waals surface area contributed by atoms with Crippen molar-refractivity contribution in [2.24, 2.45) is 5.92 Å². The van der Waals surface area contributed by atoms with Crippen LogP contribution in [0.1, 0.15) is 33.3 Å². The van der Waals surface area contributed by atoms with Crippen molar-refractivity contribution >= 4 is 5.69 Å². The molecular formula is C22H26N4O. The molecule has 0 spiro atoms. The minimum absolute atomic E-state index is 0.0859. The number of hydrogen-bond donors (Lipinski definition) is 0. The van der Waals surface area contributed by atoms with Crippen LogP contribution >= 0.6 is 0 Å². The second-order valence-electron chi connectivity index (χ2n) is 7.73. The normalized spacial score (nSPS) is 13.2. The highest BCUT2D eigenvalue weighted by molar-refractivity contribution is 5.87. The lowest BCUT2D eigenvalue weighted by molar-refractivity contribution is 0.0528. The number of rotatable bonds is 4. The number of hydrogen-bond acceptors (Lipinski definition) is 4. The zero-order valence-corrected chi connectivity index (χ0v) is 16.4. The van der Waals surface area contributed by atoms with E-state index in [1.165, 1.54) is 5.56 Å². The van der Waals surface area contributed by atoms with Crippen LogP contribution in [-0.2, 0) is 17.9 Å². The average molecular weight is 362 g/mol. The largest absolute Gasteiger partial charge is 0.270 e. The van der Waals surface area contributed by atoms with Crippen molar-refractivity contribution in [3.8, 4) is 22.5 Å². The highest BCUT2D eigenvalue weighted by atomic mass is 16.7. The zero-order valence-electron chi connectivity index (χ0n) is 16.4. The molecule has 0 N–H and O–H groups in total. The van der Waals surface area contributed by atoms with E-state index < -0.39 is 0 Å². The molecule has 0 unspecified atom stereocenters. The molecule has 1 aromatic heterocycles. The summed E-state index contributed by atoms with van der Waals surface area (Å²) in [6, 6.07) is 16.8. The number of para-hydroxylation sites is 1. The van der Waals surface area contributed by atoms with Crippen LogP contribution < -0.4 is 5.06 Å². The number of anilines is 1. The smallest absolute Gasteiger partial charge is 0.121 e. The van der Waals surface area contributed by atoms with Crippen LogP contribution in [0.2, 0.25) is 0 Å². The molecule has 0 fully saturated rings. The number of nitrogens with zero attached hydrogens (tertiary/aromatic N) is 4. The Hall–Kier alpha value is -2.66. The van der Waals surface area contributed by atoms with Crippen LogP contribution in [0.5, 0.6) is 0 Å². The van der Waals surface area contributed by atoms with Gasteiger partial charge in [0.05, 0.1) is 24.0 Å². The van der Waals surface area contributed by atoms with Gasteiger partial charge < -0.3 is 0 Å². The Labute approximate surface area is 160 Å². The topological polar surface area (TPSA) is 43.2 Å². The van der Waals surface area contributed by atoms with E-state index in [1.807, 2.05) is 9.75 Å². The van der Waals surface area contributed by atoms with Crippen LogP contribution in [-0.4, -0.2) is 21.1 Å². The van der Waals surface area contributed by atoms with E-state index in [0.717, 1.165) is 34.7 Å². The predicted octanol–water partition coefficient (Wildman–Crippen LogP) is 4.93. The van der Waals surface area contributed by atoms with Gasteiger partial charge in [0, 0.05) is 17.7 Å². The standard InChI is InChI=1S/C22H26N4O/c1-15(2)13-25-22-19-11-7-8-12-20(19)26(27-16(3)4)14-17-9-5-6-10-18(17)21(22)23-24-25/h5-12,15-16H,13-14H2,1-4H3. The van der Waals surface area contributed by atoms with Crippen molar-refractivity contribution in [2.75, 3.05) is 5.06 Å². The monoisotopic (exact) mass is 362 g/mol. The van der Waals surface area contributed by atoms with Crippen LogP contribution in [0.25, 0.3) is 22.5 Å². The van der Waals surface area contributed by atoms with Crippen molar-refractivity contribution in [1.82, 2.24) is 15.0 Å². The maximum absolute atomic E-state index is 6.21. The first kappa shape index (κ1) is 17.7. The molecule has 0 atom stereocenters. The van der Waals surface area contributed by atoms with E-state index in [9.17, 15) is 0 Å². The molecule has 27 heavy (non-hydrogen) atoms. The van der Waals surface area contributed by atoms with Crippen molar-refractivity contribution in [2.45, 2.75) is 46.9 Å². The minimum Gasteiger partial charge on any atom is -0.270 e. The fraction of sp³-hybridized carbons (Fsp3) is 0.364. The molecule has 0 saturated carbocycles. The Balaban J connectivity index is 1.99. The van der Waals surface area contributed by atoms with Crippen LogP contribution in [0.3, 0.4) is 0 Å². The van der Waals surface area contributed by atoms with Crippen LogP contribution in [0.4, 0.5) is 5.69 Å². The van der Waals surface area contributed by atoms with Gasteiger partial charge in [0.25, 0.3) is 0 Å². The number of benzene rings is 2. The highest BCUT2D eigenvalue weighted by Gasteiger charge is 2.27. The van der Waals surface area contributed by atoms with Crippen LogP contribution in [0.15, 0.2) is 48.5 Å². The molecule has 1 aliphatic rings. The second kappa shape index (κ2) is 7.16. The minimum atomic E-state index is 0.0859. The highest BCUT2D eigenvalue weighted by Crippen LogP contribution is 2.41. The maximum Gasteiger partial charge on any atom is 0.121 e. The molecule has 0 aliphatic carbocycles. The first-order valence-electron chi connectivity index (χ1n) is 9.60. The van der Waals surface area contributed by atoms with Gasteiger partial charge in [0.2, 0.25) is 0 Å². The molecule has 0 saturated heterocycles. The molecule has 0 radical (unpaired) electrons. The summed E-state index contributed by atoms with van der Waals surface area (Å²) in [6.07, 6.45) is 0.0859. The van der Waals surface area contributed by atoms with Gasteiger partial charge in [0.15, 0.2) is 0 Å². The van der Waals surface area contributed by atoms with Crippen molar-refractivity contribution < 1.29 is 4.84 Å². The van der Waals surface area contributed by atoms with Crippen molar-refractivity contribution in [3.05, 3.63) is 54.1 Å². The lowest BCUT2D eigenvalue weighted by Crippen LogP contribution is -2.28. The number of fused-ring (bicyclic) bond motifs is 5. The van der Waals surface area contributed by atoms with Gasteiger partial charge in [-0.15, -0.1) is 5.10 Å². The fourth-order valence-corrected chi connectivity index (χ4v) is 3.60. The Morgan fingerprint density at radius 1 is 0.963 bits per heavy atom. The molecule has 140 valence electrons. The summed E-state index contributed by atoms with van der Waals surface area (Å²) in [7, 11) is 0. The summed E-state index contributed by atoms with van der Waals surface area (Å²) in [5, 5.41) is 11.1. The van der Waals surface area contributed by atoms with Gasteiger partial charge in [-0.25, -0.2) is 9.75 Å². The van der Waals surface area contributed by atoms with Crippen molar-refractivity contribution in [3.63, 3.8) is 0 Å². The first-order chi connectivity index (χ1) is 13.0. The molecule has 2 heterocycles. The maximum atomic E-state index is 6.21. The Morgan fingerprint density at radius 3 is 2.41 bits per heavy atom. The fourth-order valence-electron chi connectivity index (χ4n) is 3.60. The molecule has 0 bridgehead atoms. The van der Waals surface area contributed by atoms with Gasteiger partial charge >= 0.3 is 0 Å². The molecule has 1 aliphatic heterocycles. The molecule has 5 nitrogen and oxygen atoms in total. The number of aromatic nitrogens is 3. The third kappa shape index (κ3) is 3.35. The van der Waals surface area contributed by atoms with E-state index in [2.05, 4.69) is 86.5 Å². The third-order valence-corrected chi connectivity index (χ3v) is 4.63. The quantitative estimate of drug-likeness (QED) is 0.660. The third-order valence-electron chi connectivity index (χ3n) is 4.63. The second-order valence-corrected chi connectivity index (χ2v) is 7.73. The van der Waals surface area contributed by atoms with Crippen molar-refractivity contribution in [1.29, 1.82) is 0 Å². The van der Waals surface area contributed by atoms with E-state index in [1.54, 1.807) is 0 Å². The van der Waals surface area contributed by atoms with E-state index in [-0.39, 0.29) is 6.10 Å². The summed E-state index contributed by atoms with van der Waals surface area (Å²) in [6.45, 7) is 10.0. The Bertz CT molecular complexity index is 945. The molecule has 2 aromatic carbocycles. The first-order valence-corrected chi connectivity index (χ1v) is 9.60. The van der Waals surface area contributed by atoms with E-state index >= 15 is 0 Å².